The Morgan fingerprint density at radius 3 is 3.00 bits per heavy atom. The van der Waals surface area contributed by atoms with Crippen molar-refractivity contribution in [3.05, 3.63) is 34.3 Å². The molecule has 0 aliphatic carbocycles. The highest BCUT2D eigenvalue weighted by molar-refractivity contribution is 7.09. The topological polar surface area (TPSA) is 56.7 Å². The zero-order valence-electron chi connectivity index (χ0n) is 8.84. The predicted octanol–water partition coefficient (Wildman–Crippen LogP) is 1.72. The average Bonchev–Trinajstić information content (AvgIpc) is 2.84. The monoisotopic (exact) mass is 222 g/mol. The van der Waals surface area contributed by atoms with Gasteiger partial charge in [0, 0.05) is 17.6 Å². The van der Waals surface area contributed by atoms with Gasteiger partial charge in [0.15, 0.2) is 0 Å². The first-order chi connectivity index (χ1) is 7.22. The molecule has 5 heteroatoms. The number of rotatable bonds is 3. The van der Waals surface area contributed by atoms with Gasteiger partial charge in [-0.3, -0.25) is 0 Å². The standard InChI is InChI=1S/C10H14N4S/c1-3-14-6-12-4-8(14)9(11)10-13-7(2)5-15-10/h4-6,9H,3,11H2,1-2H3. The maximum absolute atomic E-state index is 6.14. The van der Waals surface area contributed by atoms with Crippen molar-refractivity contribution in [2.45, 2.75) is 26.4 Å². The van der Waals surface area contributed by atoms with Crippen LogP contribution in [0.15, 0.2) is 17.9 Å². The van der Waals surface area contributed by atoms with Gasteiger partial charge in [-0.25, -0.2) is 9.97 Å². The van der Waals surface area contributed by atoms with E-state index < -0.39 is 0 Å². The molecule has 2 aromatic heterocycles. The summed E-state index contributed by atoms with van der Waals surface area (Å²) >= 11 is 1.60. The fourth-order valence-corrected chi connectivity index (χ4v) is 2.30. The third-order valence-electron chi connectivity index (χ3n) is 2.31. The molecule has 0 saturated carbocycles. The van der Waals surface area contributed by atoms with E-state index in [-0.39, 0.29) is 6.04 Å². The number of hydrogen-bond donors (Lipinski definition) is 1. The first-order valence-corrected chi connectivity index (χ1v) is 5.78. The normalized spacial score (nSPS) is 13.0. The van der Waals surface area contributed by atoms with Crippen LogP contribution >= 0.6 is 11.3 Å². The second-order valence-electron chi connectivity index (χ2n) is 3.41. The lowest BCUT2D eigenvalue weighted by atomic mass is 10.2. The molecular weight excluding hydrogens is 208 g/mol. The highest BCUT2D eigenvalue weighted by atomic mass is 32.1. The summed E-state index contributed by atoms with van der Waals surface area (Å²) in [6.07, 6.45) is 3.61. The highest BCUT2D eigenvalue weighted by Gasteiger charge is 2.15. The second-order valence-corrected chi connectivity index (χ2v) is 4.30. The van der Waals surface area contributed by atoms with E-state index >= 15 is 0 Å². The van der Waals surface area contributed by atoms with Gasteiger partial charge in [-0.2, -0.15) is 0 Å². The molecule has 0 spiro atoms. The van der Waals surface area contributed by atoms with E-state index in [0.717, 1.165) is 22.9 Å². The molecule has 2 aromatic rings. The van der Waals surface area contributed by atoms with Crippen LogP contribution in [0.2, 0.25) is 0 Å². The van der Waals surface area contributed by atoms with Gasteiger partial charge >= 0.3 is 0 Å². The van der Waals surface area contributed by atoms with Crippen LogP contribution in [-0.2, 0) is 6.54 Å². The van der Waals surface area contributed by atoms with Crippen molar-refractivity contribution in [3.8, 4) is 0 Å². The van der Waals surface area contributed by atoms with Crippen LogP contribution in [0, 0.1) is 6.92 Å². The SMILES string of the molecule is CCn1cncc1C(N)c1nc(C)cs1. The van der Waals surface area contributed by atoms with Crippen LogP contribution in [0.1, 0.15) is 29.4 Å². The van der Waals surface area contributed by atoms with E-state index in [1.165, 1.54) is 0 Å². The van der Waals surface area contributed by atoms with Gasteiger partial charge in [0.25, 0.3) is 0 Å². The molecule has 80 valence electrons. The van der Waals surface area contributed by atoms with Crippen LogP contribution in [0.3, 0.4) is 0 Å². The quantitative estimate of drug-likeness (QED) is 0.860. The number of aryl methyl sites for hydroxylation is 2. The summed E-state index contributed by atoms with van der Waals surface area (Å²) in [4.78, 5) is 8.50. The summed E-state index contributed by atoms with van der Waals surface area (Å²) in [6, 6.07) is -0.161. The summed E-state index contributed by atoms with van der Waals surface area (Å²) in [5.41, 5.74) is 8.18. The Bertz CT molecular complexity index is 446. The maximum Gasteiger partial charge on any atom is 0.116 e. The third-order valence-corrected chi connectivity index (χ3v) is 3.35. The van der Waals surface area contributed by atoms with Crippen LogP contribution in [0.25, 0.3) is 0 Å². The Kier molecular flexibility index (Phi) is 2.83. The minimum absolute atomic E-state index is 0.161. The fourth-order valence-electron chi connectivity index (χ4n) is 1.50. The van der Waals surface area contributed by atoms with E-state index in [2.05, 4.69) is 16.9 Å². The average molecular weight is 222 g/mol. The molecule has 2 rings (SSSR count). The number of nitrogens with two attached hydrogens (primary N) is 1. The van der Waals surface area contributed by atoms with Gasteiger partial charge in [-0.1, -0.05) is 0 Å². The van der Waals surface area contributed by atoms with E-state index in [4.69, 9.17) is 5.73 Å². The molecule has 0 fully saturated rings. The lowest BCUT2D eigenvalue weighted by Crippen LogP contribution is -2.16. The number of aromatic nitrogens is 3. The first kappa shape index (κ1) is 10.3. The van der Waals surface area contributed by atoms with E-state index in [9.17, 15) is 0 Å². The Hall–Kier alpha value is -1.20. The van der Waals surface area contributed by atoms with Crippen molar-refractivity contribution in [1.82, 2.24) is 14.5 Å². The van der Waals surface area contributed by atoms with Crippen LogP contribution in [0.5, 0.6) is 0 Å². The summed E-state index contributed by atoms with van der Waals surface area (Å²) in [5, 5.41) is 2.96. The molecule has 1 unspecified atom stereocenters. The minimum Gasteiger partial charge on any atom is -0.333 e. The first-order valence-electron chi connectivity index (χ1n) is 4.90. The molecule has 0 aliphatic rings. The molecule has 2 N–H and O–H groups in total. The zero-order chi connectivity index (χ0) is 10.8. The van der Waals surface area contributed by atoms with E-state index in [1.54, 1.807) is 17.7 Å². The molecule has 0 aromatic carbocycles. The summed E-state index contributed by atoms with van der Waals surface area (Å²) < 4.78 is 2.04. The lowest BCUT2D eigenvalue weighted by molar-refractivity contribution is 0.672. The van der Waals surface area contributed by atoms with Crippen molar-refractivity contribution < 1.29 is 0 Å². The molecule has 0 radical (unpaired) electrons. The van der Waals surface area contributed by atoms with E-state index in [1.807, 2.05) is 23.1 Å². The number of thiazole rings is 1. The lowest BCUT2D eigenvalue weighted by Gasteiger charge is -2.10. The Labute approximate surface area is 92.8 Å². The molecule has 15 heavy (non-hydrogen) atoms. The highest BCUT2D eigenvalue weighted by Crippen LogP contribution is 2.22. The molecule has 0 amide bonds. The maximum atomic E-state index is 6.14. The third kappa shape index (κ3) is 1.93. The summed E-state index contributed by atoms with van der Waals surface area (Å²) in [5.74, 6) is 0. The van der Waals surface area contributed by atoms with Gasteiger partial charge in [-0.05, 0) is 13.8 Å². The van der Waals surface area contributed by atoms with E-state index in [0.29, 0.717) is 0 Å². The van der Waals surface area contributed by atoms with Gasteiger partial charge in [0.05, 0.1) is 24.3 Å². The number of imidazole rings is 1. The zero-order valence-corrected chi connectivity index (χ0v) is 9.66. The van der Waals surface area contributed by atoms with Crippen molar-refractivity contribution in [2.24, 2.45) is 5.73 Å². The smallest absolute Gasteiger partial charge is 0.116 e. The van der Waals surface area contributed by atoms with Gasteiger partial charge in [0.2, 0.25) is 0 Å². The summed E-state index contributed by atoms with van der Waals surface area (Å²) in [6.45, 7) is 4.93. The van der Waals surface area contributed by atoms with Crippen LogP contribution < -0.4 is 5.73 Å². The predicted molar refractivity (Wildman–Crippen MR) is 60.8 cm³/mol. The molecule has 2 heterocycles. The number of nitrogens with zero attached hydrogens (tertiary/aromatic N) is 3. The summed E-state index contributed by atoms with van der Waals surface area (Å²) in [7, 11) is 0. The van der Waals surface area contributed by atoms with Crippen LogP contribution in [-0.4, -0.2) is 14.5 Å². The van der Waals surface area contributed by atoms with Crippen molar-refractivity contribution in [1.29, 1.82) is 0 Å². The molecule has 0 saturated heterocycles. The fraction of sp³-hybridized carbons (Fsp3) is 0.400. The Balaban J connectivity index is 2.31. The van der Waals surface area contributed by atoms with Crippen LogP contribution in [0.4, 0.5) is 0 Å². The molecule has 4 nitrogen and oxygen atoms in total. The minimum atomic E-state index is -0.161. The van der Waals surface area contributed by atoms with Gasteiger partial charge < -0.3 is 10.3 Å². The Morgan fingerprint density at radius 1 is 1.60 bits per heavy atom. The molecule has 0 bridgehead atoms. The van der Waals surface area contributed by atoms with Crippen molar-refractivity contribution in [3.63, 3.8) is 0 Å². The van der Waals surface area contributed by atoms with Gasteiger partial charge in [0.1, 0.15) is 5.01 Å². The second kappa shape index (κ2) is 4.12. The Morgan fingerprint density at radius 2 is 2.40 bits per heavy atom. The number of hydrogen-bond acceptors (Lipinski definition) is 4. The van der Waals surface area contributed by atoms with Gasteiger partial charge in [-0.15, -0.1) is 11.3 Å². The molecule has 1 atom stereocenters. The largest absolute Gasteiger partial charge is 0.333 e. The van der Waals surface area contributed by atoms with Crippen molar-refractivity contribution >= 4 is 11.3 Å². The molecule has 0 aliphatic heterocycles. The molecular formula is C10H14N4S. The van der Waals surface area contributed by atoms with Crippen molar-refractivity contribution in [2.75, 3.05) is 0 Å².